The van der Waals surface area contributed by atoms with Gasteiger partial charge in [0, 0.05) is 5.92 Å². The molecule has 0 aliphatic carbocycles. The quantitative estimate of drug-likeness (QED) is 0.116. The van der Waals surface area contributed by atoms with Gasteiger partial charge < -0.3 is 4.48 Å². The van der Waals surface area contributed by atoms with Crippen LogP contribution in [0.5, 0.6) is 0 Å². The third-order valence-electron chi connectivity index (χ3n) is 6.91. The van der Waals surface area contributed by atoms with Gasteiger partial charge >= 0.3 is 0 Å². The molecule has 1 atom stereocenters. The van der Waals surface area contributed by atoms with Crippen molar-refractivity contribution in [3.8, 4) is 0 Å². The minimum atomic E-state index is 0.936. The minimum absolute atomic E-state index is 0.936. The Labute approximate surface area is 187 Å². The summed E-state index contributed by atoms with van der Waals surface area (Å²) in [6.07, 6.45) is 29.0. The zero-order valence-electron chi connectivity index (χ0n) is 21.6. The predicted molar refractivity (Wildman–Crippen MR) is 135 cm³/mol. The highest BCUT2D eigenvalue weighted by atomic mass is 15.3. The lowest BCUT2D eigenvalue weighted by Crippen LogP contribution is -2.44. The van der Waals surface area contributed by atoms with Crippen LogP contribution in [-0.4, -0.2) is 31.7 Å². The van der Waals surface area contributed by atoms with Gasteiger partial charge in [-0.25, -0.2) is 0 Å². The van der Waals surface area contributed by atoms with Crippen LogP contribution >= 0.6 is 0 Å². The zero-order valence-corrected chi connectivity index (χ0v) is 21.6. The molecule has 0 fully saturated rings. The summed E-state index contributed by atoms with van der Waals surface area (Å²) >= 11 is 0. The molecule has 0 aromatic heterocycles. The molecule has 0 bridgehead atoms. The molecule has 0 saturated heterocycles. The van der Waals surface area contributed by atoms with Gasteiger partial charge in [-0.3, -0.25) is 0 Å². The van der Waals surface area contributed by atoms with Crippen LogP contribution in [0.1, 0.15) is 149 Å². The Hall–Kier alpha value is -0.0400. The second-order valence-electron chi connectivity index (χ2n) is 10.6. The highest BCUT2D eigenvalue weighted by Gasteiger charge is 2.20. The number of hydrogen-bond donors (Lipinski definition) is 0. The fraction of sp³-hybridized carbons (Fsp3) is 1.00. The number of unbranched alkanes of at least 4 members (excludes halogenated alkanes) is 16. The Morgan fingerprint density at radius 2 is 0.862 bits per heavy atom. The maximum absolute atomic E-state index is 2.46. The first-order valence-corrected chi connectivity index (χ1v) is 13.9. The van der Waals surface area contributed by atoms with Crippen LogP contribution in [0.15, 0.2) is 0 Å². The maximum Gasteiger partial charge on any atom is 0.0810 e. The van der Waals surface area contributed by atoms with Gasteiger partial charge in [0.25, 0.3) is 0 Å². The number of rotatable bonds is 23. The lowest BCUT2D eigenvalue weighted by molar-refractivity contribution is -0.894. The van der Waals surface area contributed by atoms with Gasteiger partial charge in [-0.15, -0.1) is 0 Å². The van der Waals surface area contributed by atoms with Crippen LogP contribution in [0.4, 0.5) is 0 Å². The summed E-state index contributed by atoms with van der Waals surface area (Å²) in [6.45, 7) is 9.77. The molecule has 1 unspecified atom stereocenters. The molecule has 1 nitrogen and oxygen atoms in total. The van der Waals surface area contributed by atoms with E-state index in [0.717, 1.165) is 5.92 Å². The molecule has 0 N–H and O–H groups in total. The van der Waals surface area contributed by atoms with E-state index in [-0.39, 0.29) is 0 Å². The van der Waals surface area contributed by atoms with E-state index in [9.17, 15) is 0 Å². The highest BCUT2D eigenvalue weighted by molar-refractivity contribution is 4.57. The van der Waals surface area contributed by atoms with E-state index in [0.29, 0.717) is 0 Å². The van der Waals surface area contributed by atoms with E-state index in [2.05, 4.69) is 34.9 Å². The third-order valence-corrected chi connectivity index (χ3v) is 6.91. The molecule has 29 heavy (non-hydrogen) atoms. The summed E-state index contributed by atoms with van der Waals surface area (Å²) in [5.74, 6) is 0.936. The molecule has 0 amide bonds. The minimum Gasteiger partial charge on any atom is -0.328 e. The lowest BCUT2D eigenvalue weighted by Gasteiger charge is -2.33. The van der Waals surface area contributed by atoms with E-state index < -0.39 is 0 Å². The standard InChI is InChI=1S/C28H60N/c1-6-9-11-12-13-14-15-16-17-18-19-20-21-22-23-24-26-29(4,5)27-28(8-3)25-10-7-2/h28H,6-27H2,1-5H3/q+1. The molecule has 0 aromatic carbocycles. The number of quaternary nitrogens is 1. The molecule has 0 heterocycles. The average Bonchev–Trinajstić information content (AvgIpc) is 2.70. The van der Waals surface area contributed by atoms with E-state index in [1.807, 2.05) is 0 Å². The van der Waals surface area contributed by atoms with Crippen LogP contribution in [0.2, 0.25) is 0 Å². The Morgan fingerprint density at radius 1 is 0.483 bits per heavy atom. The van der Waals surface area contributed by atoms with Gasteiger partial charge in [0.2, 0.25) is 0 Å². The van der Waals surface area contributed by atoms with Crippen LogP contribution in [-0.2, 0) is 0 Å². The van der Waals surface area contributed by atoms with Gasteiger partial charge in [0.05, 0.1) is 27.2 Å². The molecule has 0 rings (SSSR count). The van der Waals surface area contributed by atoms with Crippen molar-refractivity contribution in [1.82, 2.24) is 0 Å². The molecule has 1 heteroatoms. The Morgan fingerprint density at radius 3 is 1.24 bits per heavy atom. The van der Waals surface area contributed by atoms with Crippen LogP contribution in [0.25, 0.3) is 0 Å². The molecule has 176 valence electrons. The fourth-order valence-corrected chi connectivity index (χ4v) is 4.80. The molecular formula is C28H60N+. The van der Waals surface area contributed by atoms with Crippen LogP contribution < -0.4 is 0 Å². The molecule has 0 radical (unpaired) electrons. The molecule has 0 saturated carbocycles. The summed E-state index contributed by atoms with van der Waals surface area (Å²) < 4.78 is 1.24. The van der Waals surface area contributed by atoms with E-state index in [1.54, 1.807) is 0 Å². The van der Waals surface area contributed by atoms with Crippen LogP contribution in [0.3, 0.4) is 0 Å². The zero-order chi connectivity index (χ0) is 21.6. The largest absolute Gasteiger partial charge is 0.328 e. The van der Waals surface area contributed by atoms with Crippen molar-refractivity contribution in [3.63, 3.8) is 0 Å². The average molecular weight is 411 g/mol. The summed E-state index contributed by atoms with van der Waals surface area (Å²) in [6, 6.07) is 0. The van der Waals surface area contributed by atoms with Gasteiger partial charge in [0.15, 0.2) is 0 Å². The smallest absolute Gasteiger partial charge is 0.0810 e. The van der Waals surface area contributed by atoms with E-state index >= 15 is 0 Å². The van der Waals surface area contributed by atoms with Crippen molar-refractivity contribution >= 4 is 0 Å². The monoisotopic (exact) mass is 410 g/mol. The van der Waals surface area contributed by atoms with Crippen molar-refractivity contribution in [2.45, 2.75) is 149 Å². The maximum atomic E-state index is 2.46. The second kappa shape index (κ2) is 21.2. The summed E-state index contributed by atoms with van der Waals surface area (Å²) in [7, 11) is 4.92. The van der Waals surface area contributed by atoms with Crippen molar-refractivity contribution in [3.05, 3.63) is 0 Å². The normalized spacial score (nSPS) is 13.1. The molecule has 0 aliphatic rings. The predicted octanol–water partition coefficient (Wildman–Crippen LogP) is 9.54. The first-order valence-electron chi connectivity index (χ1n) is 13.9. The van der Waals surface area contributed by atoms with Gasteiger partial charge in [-0.05, 0) is 25.7 Å². The summed E-state index contributed by atoms with van der Waals surface area (Å²) in [5, 5.41) is 0. The molecule has 0 spiro atoms. The van der Waals surface area contributed by atoms with Crippen molar-refractivity contribution in [2.24, 2.45) is 5.92 Å². The van der Waals surface area contributed by atoms with Gasteiger partial charge in [-0.2, -0.15) is 0 Å². The summed E-state index contributed by atoms with van der Waals surface area (Å²) in [4.78, 5) is 0. The topological polar surface area (TPSA) is 0 Å². The fourth-order valence-electron chi connectivity index (χ4n) is 4.80. The van der Waals surface area contributed by atoms with Crippen molar-refractivity contribution < 1.29 is 4.48 Å². The first-order chi connectivity index (χ1) is 14.1. The third kappa shape index (κ3) is 21.0. The Balaban J connectivity index is 3.39. The Kier molecular flexibility index (Phi) is 21.2. The van der Waals surface area contributed by atoms with E-state index in [4.69, 9.17) is 0 Å². The van der Waals surface area contributed by atoms with Gasteiger partial charge in [0.1, 0.15) is 0 Å². The molecule has 0 aromatic rings. The lowest BCUT2D eigenvalue weighted by atomic mass is 9.98. The SMILES string of the molecule is CCCCCCCCCCCCCCCCCC[N+](C)(C)CC(CC)CCCC. The highest BCUT2D eigenvalue weighted by Crippen LogP contribution is 2.18. The van der Waals surface area contributed by atoms with Crippen molar-refractivity contribution in [2.75, 3.05) is 27.2 Å². The number of nitrogens with zero attached hydrogens (tertiary/aromatic N) is 1. The van der Waals surface area contributed by atoms with Gasteiger partial charge in [-0.1, -0.05) is 124 Å². The first kappa shape index (κ1) is 29.0. The number of hydrogen-bond acceptors (Lipinski definition) is 0. The van der Waals surface area contributed by atoms with E-state index in [1.165, 1.54) is 146 Å². The van der Waals surface area contributed by atoms with Crippen molar-refractivity contribution in [1.29, 1.82) is 0 Å². The molecular weight excluding hydrogens is 350 g/mol. The van der Waals surface area contributed by atoms with Crippen LogP contribution in [0, 0.1) is 5.92 Å². The summed E-state index contributed by atoms with van der Waals surface area (Å²) in [5.41, 5.74) is 0. The second-order valence-corrected chi connectivity index (χ2v) is 10.6. The molecule has 0 aliphatic heterocycles. The Bertz CT molecular complexity index is 309.